The number of hydrogen-bond donors (Lipinski definition) is 1. The lowest BCUT2D eigenvalue weighted by atomic mass is 10.3. The molecule has 2 aromatic rings. The van der Waals surface area contributed by atoms with Crippen LogP contribution >= 0.6 is 11.6 Å². The van der Waals surface area contributed by atoms with Crippen molar-refractivity contribution >= 4 is 11.6 Å². The molecule has 0 spiro atoms. The summed E-state index contributed by atoms with van der Waals surface area (Å²) in [6.07, 6.45) is 3.34. The van der Waals surface area contributed by atoms with E-state index in [1.165, 1.54) is 0 Å². The number of furan rings is 1. The van der Waals surface area contributed by atoms with E-state index in [2.05, 4.69) is 10.3 Å². The Balaban J connectivity index is 2.01. The van der Waals surface area contributed by atoms with E-state index in [-0.39, 0.29) is 0 Å². The summed E-state index contributed by atoms with van der Waals surface area (Å²) in [4.78, 5) is 4.16. The Morgan fingerprint density at radius 3 is 3.06 bits per heavy atom. The Kier molecular flexibility index (Phi) is 4.01. The molecular weight excluding hydrogens is 240 g/mol. The number of nitrogens with one attached hydrogen (secondary N) is 1. The Bertz CT molecular complexity index is 471. The van der Waals surface area contributed by atoms with Gasteiger partial charge in [-0.1, -0.05) is 11.6 Å². The van der Waals surface area contributed by atoms with Crippen LogP contribution in [0.4, 0.5) is 0 Å². The normalized spacial score (nSPS) is 10.5. The van der Waals surface area contributed by atoms with Crippen molar-refractivity contribution in [2.24, 2.45) is 0 Å². The van der Waals surface area contributed by atoms with Crippen molar-refractivity contribution in [1.29, 1.82) is 0 Å². The molecule has 0 amide bonds. The lowest BCUT2D eigenvalue weighted by Crippen LogP contribution is -2.06. The molecule has 0 saturated heterocycles. The molecule has 0 bridgehead atoms. The lowest BCUT2D eigenvalue weighted by molar-refractivity contribution is 0.260. The summed E-state index contributed by atoms with van der Waals surface area (Å²) in [7, 11) is 1.87. The molecule has 17 heavy (non-hydrogen) atoms. The van der Waals surface area contributed by atoms with Gasteiger partial charge in [0.25, 0.3) is 0 Å². The second-order valence-electron chi connectivity index (χ2n) is 3.53. The molecule has 0 fully saturated rings. The first-order chi connectivity index (χ1) is 8.29. The van der Waals surface area contributed by atoms with Crippen molar-refractivity contribution < 1.29 is 9.15 Å². The largest absolute Gasteiger partial charge is 0.468 e. The van der Waals surface area contributed by atoms with E-state index in [9.17, 15) is 0 Å². The Hall–Kier alpha value is -1.52. The fourth-order valence-corrected chi connectivity index (χ4v) is 1.65. The molecule has 0 radical (unpaired) electrons. The number of aromatic nitrogens is 1. The first kappa shape index (κ1) is 12.0. The molecule has 2 heterocycles. The summed E-state index contributed by atoms with van der Waals surface area (Å²) in [5, 5.41) is 3.53. The summed E-state index contributed by atoms with van der Waals surface area (Å²) < 4.78 is 10.6. The predicted molar refractivity (Wildman–Crippen MR) is 65.1 cm³/mol. The monoisotopic (exact) mass is 252 g/mol. The zero-order valence-corrected chi connectivity index (χ0v) is 10.2. The van der Waals surface area contributed by atoms with E-state index in [1.807, 2.05) is 25.2 Å². The molecule has 0 aromatic carbocycles. The van der Waals surface area contributed by atoms with Gasteiger partial charge in [0.15, 0.2) is 0 Å². The van der Waals surface area contributed by atoms with E-state index in [4.69, 9.17) is 20.8 Å². The molecule has 0 unspecified atom stereocenters. The number of halogens is 1. The summed E-state index contributed by atoms with van der Waals surface area (Å²) in [5.41, 5.74) is 1.02. The summed E-state index contributed by atoms with van der Waals surface area (Å²) in [6.45, 7) is 1.05. The maximum atomic E-state index is 6.06. The Morgan fingerprint density at radius 2 is 2.41 bits per heavy atom. The molecule has 0 aliphatic rings. The highest BCUT2D eigenvalue weighted by Gasteiger charge is 2.06. The fourth-order valence-electron chi connectivity index (χ4n) is 1.41. The molecule has 0 aliphatic heterocycles. The van der Waals surface area contributed by atoms with E-state index < -0.39 is 0 Å². The number of rotatable bonds is 5. The van der Waals surface area contributed by atoms with Crippen molar-refractivity contribution in [1.82, 2.24) is 10.3 Å². The van der Waals surface area contributed by atoms with Crippen LogP contribution in [-0.2, 0) is 13.2 Å². The third-order valence-corrected chi connectivity index (χ3v) is 2.45. The molecule has 0 saturated carbocycles. The molecule has 90 valence electrons. The number of pyridine rings is 1. The van der Waals surface area contributed by atoms with Gasteiger partial charge in [0.05, 0.1) is 6.26 Å². The zero-order valence-electron chi connectivity index (χ0n) is 9.44. The van der Waals surface area contributed by atoms with E-state index in [0.29, 0.717) is 17.5 Å². The molecule has 0 aliphatic carbocycles. The first-order valence-corrected chi connectivity index (χ1v) is 5.61. The van der Waals surface area contributed by atoms with E-state index in [1.54, 1.807) is 12.5 Å². The minimum atomic E-state index is 0.324. The molecule has 2 aromatic heterocycles. The Labute approximate surface area is 105 Å². The summed E-state index contributed by atoms with van der Waals surface area (Å²) >= 11 is 6.06. The standard InChI is InChI=1S/C12H13ClN2O2/c1-14-6-9-5-11(13)12(15-7-9)17-8-10-3-2-4-16-10/h2-5,7,14H,6,8H2,1H3. The fraction of sp³-hybridized carbons (Fsp3) is 0.250. The maximum absolute atomic E-state index is 6.06. The van der Waals surface area contributed by atoms with Gasteiger partial charge >= 0.3 is 0 Å². The van der Waals surface area contributed by atoms with Crippen LogP contribution in [0.5, 0.6) is 5.88 Å². The van der Waals surface area contributed by atoms with Gasteiger partial charge in [-0.25, -0.2) is 4.98 Å². The molecule has 0 atom stereocenters. The Morgan fingerprint density at radius 1 is 1.53 bits per heavy atom. The van der Waals surface area contributed by atoms with Gasteiger partial charge in [-0.15, -0.1) is 0 Å². The molecular formula is C12H13ClN2O2. The van der Waals surface area contributed by atoms with Crippen LogP contribution < -0.4 is 10.1 Å². The minimum absolute atomic E-state index is 0.324. The number of ether oxygens (including phenoxy) is 1. The van der Waals surface area contributed by atoms with Crippen LogP contribution in [0.3, 0.4) is 0 Å². The first-order valence-electron chi connectivity index (χ1n) is 5.24. The topological polar surface area (TPSA) is 47.3 Å². The average molecular weight is 253 g/mol. The van der Waals surface area contributed by atoms with Gasteiger partial charge < -0.3 is 14.5 Å². The minimum Gasteiger partial charge on any atom is -0.468 e. The van der Waals surface area contributed by atoms with Crippen molar-refractivity contribution in [3.8, 4) is 5.88 Å². The number of hydrogen-bond acceptors (Lipinski definition) is 4. The number of nitrogens with zero attached hydrogens (tertiary/aromatic N) is 1. The van der Waals surface area contributed by atoms with Crippen molar-refractivity contribution in [3.05, 3.63) is 47.0 Å². The van der Waals surface area contributed by atoms with Gasteiger partial charge in [0, 0.05) is 12.7 Å². The van der Waals surface area contributed by atoms with Crippen LogP contribution in [0.1, 0.15) is 11.3 Å². The molecule has 4 nitrogen and oxygen atoms in total. The van der Waals surface area contributed by atoms with Crippen LogP contribution in [-0.4, -0.2) is 12.0 Å². The third kappa shape index (κ3) is 3.22. The average Bonchev–Trinajstić information content (AvgIpc) is 2.81. The maximum Gasteiger partial charge on any atom is 0.233 e. The van der Waals surface area contributed by atoms with Gasteiger partial charge in [-0.3, -0.25) is 0 Å². The summed E-state index contributed by atoms with van der Waals surface area (Å²) in [6, 6.07) is 5.48. The molecule has 2 rings (SSSR count). The molecule has 5 heteroatoms. The predicted octanol–water partition coefficient (Wildman–Crippen LogP) is 2.63. The van der Waals surface area contributed by atoms with Gasteiger partial charge in [-0.2, -0.15) is 0 Å². The highest BCUT2D eigenvalue weighted by Crippen LogP contribution is 2.23. The van der Waals surface area contributed by atoms with Crippen LogP contribution in [0.25, 0.3) is 0 Å². The van der Waals surface area contributed by atoms with E-state index >= 15 is 0 Å². The van der Waals surface area contributed by atoms with Gasteiger partial charge in [0.1, 0.15) is 17.4 Å². The highest BCUT2D eigenvalue weighted by atomic mass is 35.5. The second kappa shape index (κ2) is 5.70. The van der Waals surface area contributed by atoms with Crippen LogP contribution in [0.2, 0.25) is 5.02 Å². The van der Waals surface area contributed by atoms with Gasteiger partial charge in [0.2, 0.25) is 5.88 Å². The highest BCUT2D eigenvalue weighted by molar-refractivity contribution is 6.31. The SMILES string of the molecule is CNCc1cnc(OCc2ccco2)c(Cl)c1. The van der Waals surface area contributed by atoms with Crippen molar-refractivity contribution in [2.45, 2.75) is 13.2 Å². The lowest BCUT2D eigenvalue weighted by Gasteiger charge is -2.07. The second-order valence-corrected chi connectivity index (χ2v) is 3.94. The third-order valence-electron chi connectivity index (χ3n) is 2.18. The van der Waals surface area contributed by atoms with Crippen molar-refractivity contribution in [3.63, 3.8) is 0 Å². The smallest absolute Gasteiger partial charge is 0.233 e. The summed E-state index contributed by atoms with van der Waals surface area (Å²) in [5.74, 6) is 1.16. The van der Waals surface area contributed by atoms with Gasteiger partial charge in [-0.05, 0) is 30.8 Å². The molecule has 1 N–H and O–H groups in total. The van der Waals surface area contributed by atoms with Crippen LogP contribution in [0, 0.1) is 0 Å². The van der Waals surface area contributed by atoms with E-state index in [0.717, 1.165) is 17.9 Å². The quantitative estimate of drug-likeness (QED) is 0.889. The zero-order chi connectivity index (χ0) is 12.1. The van der Waals surface area contributed by atoms with Crippen LogP contribution in [0.15, 0.2) is 35.1 Å². The van der Waals surface area contributed by atoms with Crippen molar-refractivity contribution in [2.75, 3.05) is 7.05 Å².